The third-order valence-electron chi connectivity index (χ3n) is 8.95. The van der Waals surface area contributed by atoms with E-state index in [4.69, 9.17) is 23.2 Å². The summed E-state index contributed by atoms with van der Waals surface area (Å²) in [4.78, 5) is 40.5. The molecular weight excluding hydrogens is 789 g/mol. The highest BCUT2D eigenvalue weighted by Crippen LogP contribution is 2.29. The molecule has 0 saturated carbocycles. The van der Waals surface area contributed by atoms with Crippen molar-refractivity contribution in [2.24, 2.45) is 10.8 Å². The molecule has 0 aliphatic rings. The van der Waals surface area contributed by atoms with Gasteiger partial charge in [0.05, 0.1) is 0 Å². The molecule has 0 aliphatic heterocycles. The number of carbonyl (C=O) groups is 2. The molecule has 3 aromatic rings. The Balaban J connectivity index is 1.82. The number of hydrogen-bond acceptors (Lipinski definition) is 10. The maximum Gasteiger partial charge on any atom is 0.314 e. The van der Waals surface area contributed by atoms with Gasteiger partial charge in [-0.1, -0.05) is 41.5 Å². The molecule has 2 amide bonds. The minimum atomic E-state index is -2.41. The lowest BCUT2D eigenvalue weighted by atomic mass is 9.81. The monoisotopic (exact) mass is 865 g/mol. The smallest absolute Gasteiger partial charge is 0.314 e. The van der Waals surface area contributed by atoms with Gasteiger partial charge >= 0.3 is 8.56 Å². The number of amides is 2. The molecule has 15 heteroatoms. The number of nitrogens with zero attached hydrogens (tertiary/aromatic N) is 3. The Bertz CT molecular complexity index is 1830. The van der Waals surface area contributed by atoms with Crippen LogP contribution in [0.15, 0.2) is 48.5 Å². The van der Waals surface area contributed by atoms with Crippen molar-refractivity contribution in [3.8, 4) is 0 Å². The van der Waals surface area contributed by atoms with E-state index in [1.165, 1.54) is 0 Å². The topological polar surface area (TPSA) is 151 Å². The van der Waals surface area contributed by atoms with Gasteiger partial charge in [-0.25, -0.2) is 0 Å². The number of anilines is 5. The van der Waals surface area contributed by atoms with Crippen molar-refractivity contribution in [2.45, 2.75) is 158 Å². The Labute approximate surface area is 359 Å². The molecule has 0 saturated heterocycles. The number of carbonyl (C=O) groups excluding carboxylic acids is 2. The summed E-state index contributed by atoms with van der Waals surface area (Å²) in [6, 6.07) is 15.4. The highest BCUT2D eigenvalue weighted by Gasteiger charge is 2.39. The molecule has 59 heavy (non-hydrogen) atoms. The lowest BCUT2D eigenvalue weighted by molar-refractivity contribution is 0.0886. The molecule has 0 spiro atoms. The van der Waals surface area contributed by atoms with Crippen molar-refractivity contribution in [3.63, 3.8) is 0 Å². The summed E-state index contributed by atoms with van der Waals surface area (Å²) < 4.78 is 13.4. The highest BCUT2D eigenvalue weighted by atomic mass is 28.5. The molecule has 0 unspecified atom stereocenters. The molecule has 12 nitrogen and oxygen atoms in total. The van der Waals surface area contributed by atoms with E-state index in [-0.39, 0.29) is 33.7 Å². The molecule has 0 bridgehead atoms. The fraction of sp³-hybridized carbons (Fsp3) is 0.614. The average molecular weight is 865 g/mol. The molecule has 5 N–H and O–H groups in total. The predicted molar refractivity (Wildman–Crippen MR) is 254 cm³/mol. The van der Waals surface area contributed by atoms with E-state index < -0.39 is 25.2 Å². The zero-order valence-electron chi connectivity index (χ0n) is 39.3. The second kappa shape index (κ2) is 19.4. The summed E-state index contributed by atoms with van der Waals surface area (Å²) in [7, 11) is -6.05. The predicted octanol–water partition coefficient (Wildman–Crippen LogP) is 11.2. The van der Waals surface area contributed by atoms with E-state index in [9.17, 15) is 9.59 Å². The van der Waals surface area contributed by atoms with Crippen LogP contribution in [0.4, 0.5) is 29.2 Å². The Kier molecular flexibility index (Phi) is 16.3. The van der Waals surface area contributed by atoms with E-state index in [1.54, 1.807) is 24.3 Å². The first-order chi connectivity index (χ1) is 26.8. The van der Waals surface area contributed by atoms with Gasteiger partial charge in [0.25, 0.3) is 11.8 Å². The fourth-order valence-electron chi connectivity index (χ4n) is 7.14. The van der Waals surface area contributed by atoms with Crippen LogP contribution in [0.1, 0.15) is 116 Å². The van der Waals surface area contributed by atoms with Crippen molar-refractivity contribution >= 4 is 66.2 Å². The van der Waals surface area contributed by atoms with Crippen molar-refractivity contribution < 1.29 is 17.8 Å². The van der Waals surface area contributed by atoms with E-state index in [2.05, 4.69) is 142 Å². The standard InChI is InChI=1S/C44H76N8O4Si3/c1-41(2,3)27-28-43(7,8)51-36(53)32-19-23-34(24-20-32)46-39-48-38(45-29-18-30-59(17,55-57(11,12)13)56-58(14,15)16)49-40(50-39)47-35-25-21-33(22-26-35)37(54)52-44(9,10)31-42(4,5)6/h19-26H,18,27-31H2,1-17H3,(H,51,53)(H,52,54)(H3,45,46,47,48,49,50). The number of benzene rings is 2. The summed E-state index contributed by atoms with van der Waals surface area (Å²) >= 11 is 0. The first-order valence-corrected chi connectivity index (χ1v) is 30.4. The first kappa shape index (κ1) is 49.7. The molecule has 3 rings (SSSR count). The first-order valence-electron chi connectivity index (χ1n) is 21.1. The Hall–Kier alpha value is -3.64. The van der Waals surface area contributed by atoms with Gasteiger partial charge < -0.3 is 34.8 Å². The molecule has 0 atom stereocenters. The molecule has 0 radical (unpaired) electrons. The van der Waals surface area contributed by atoms with Gasteiger partial charge in [-0.3, -0.25) is 9.59 Å². The van der Waals surface area contributed by atoms with Crippen LogP contribution < -0.4 is 26.6 Å². The Morgan fingerprint density at radius 1 is 0.559 bits per heavy atom. The largest absolute Gasteiger partial charge is 0.437 e. The van der Waals surface area contributed by atoms with Crippen LogP contribution in [0.3, 0.4) is 0 Å². The molecule has 0 fully saturated rings. The Morgan fingerprint density at radius 3 is 1.36 bits per heavy atom. The van der Waals surface area contributed by atoms with Crippen molar-refractivity contribution in [3.05, 3.63) is 59.7 Å². The number of hydrogen-bond donors (Lipinski definition) is 5. The van der Waals surface area contributed by atoms with Crippen molar-refractivity contribution in [1.29, 1.82) is 0 Å². The van der Waals surface area contributed by atoms with Crippen molar-refractivity contribution in [1.82, 2.24) is 25.6 Å². The minimum Gasteiger partial charge on any atom is -0.437 e. The van der Waals surface area contributed by atoms with Gasteiger partial charge in [0.1, 0.15) is 0 Å². The fourth-order valence-corrected chi connectivity index (χ4v) is 19.7. The number of nitrogens with one attached hydrogen (secondary N) is 5. The van der Waals surface area contributed by atoms with Crippen LogP contribution in [0.25, 0.3) is 0 Å². The highest BCUT2D eigenvalue weighted by molar-refractivity contribution is 6.87. The lowest BCUT2D eigenvalue weighted by Crippen LogP contribution is -2.52. The van der Waals surface area contributed by atoms with Crippen LogP contribution in [-0.2, 0) is 8.23 Å². The summed E-state index contributed by atoms with van der Waals surface area (Å²) in [6.07, 6.45) is 3.54. The van der Waals surface area contributed by atoms with Crippen LogP contribution in [0, 0.1) is 10.8 Å². The molecule has 328 valence electrons. The molecular formula is C44H76N8O4Si3. The van der Waals surface area contributed by atoms with E-state index >= 15 is 0 Å². The summed E-state index contributed by atoms with van der Waals surface area (Å²) in [5.74, 6) is 0.809. The van der Waals surface area contributed by atoms with Gasteiger partial charge in [0.2, 0.25) is 17.8 Å². The van der Waals surface area contributed by atoms with Gasteiger partial charge in [-0.15, -0.1) is 0 Å². The summed E-state index contributed by atoms with van der Waals surface area (Å²) in [5.41, 5.74) is 2.14. The van der Waals surface area contributed by atoms with Crippen LogP contribution in [-0.4, -0.2) is 69.6 Å². The molecule has 1 heterocycles. The van der Waals surface area contributed by atoms with Crippen LogP contribution in [0.2, 0.25) is 51.9 Å². The third kappa shape index (κ3) is 19.5. The SMILES string of the molecule is CC(C)(C)CCC(C)(C)NC(=O)c1ccc(Nc2nc(NCCC[Si](C)(O[Si](C)(C)C)O[Si](C)(C)C)nc(Nc3ccc(C(=O)NC(C)(C)CC(C)(C)C)cc3)n2)cc1. The van der Waals surface area contributed by atoms with Gasteiger partial charge in [0.15, 0.2) is 16.6 Å². The third-order valence-corrected chi connectivity index (χ3v) is 18.6. The van der Waals surface area contributed by atoms with E-state index in [0.717, 1.165) is 37.4 Å². The van der Waals surface area contributed by atoms with Crippen molar-refractivity contribution in [2.75, 3.05) is 22.5 Å². The number of aromatic nitrogens is 3. The van der Waals surface area contributed by atoms with E-state index in [0.29, 0.717) is 41.2 Å². The van der Waals surface area contributed by atoms with Gasteiger partial charge in [-0.2, -0.15) is 15.0 Å². The lowest BCUT2D eigenvalue weighted by Gasteiger charge is -2.38. The molecule has 1 aromatic heterocycles. The second-order valence-corrected chi connectivity index (χ2v) is 34.6. The summed E-state index contributed by atoms with van der Waals surface area (Å²) in [6.45, 7) is 37.5. The maximum absolute atomic E-state index is 13.2. The van der Waals surface area contributed by atoms with Gasteiger partial charge in [-0.05, 0) is 165 Å². The zero-order valence-corrected chi connectivity index (χ0v) is 42.3. The minimum absolute atomic E-state index is 0.0754. The Morgan fingerprint density at radius 2 is 0.966 bits per heavy atom. The molecule has 0 aliphatic carbocycles. The normalized spacial score (nSPS) is 13.2. The van der Waals surface area contributed by atoms with Gasteiger partial charge in [0, 0.05) is 40.1 Å². The summed E-state index contributed by atoms with van der Waals surface area (Å²) in [5, 5.41) is 16.4. The van der Waals surface area contributed by atoms with Crippen LogP contribution in [0.5, 0.6) is 0 Å². The maximum atomic E-state index is 13.2. The zero-order chi connectivity index (χ0) is 44.7. The second-order valence-electron chi connectivity index (χ2n) is 21.8. The molecule has 2 aromatic carbocycles. The average Bonchev–Trinajstić information content (AvgIpc) is 3.03. The van der Waals surface area contributed by atoms with E-state index in [1.807, 2.05) is 24.3 Å². The van der Waals surface area contributed by atoms with Crippen LogP contribution >= 0.6 is 0 Å². The number of rotatable bonds is 20. The quantitative estimate of drug-likeness (QED) is 0.0548.